The van der Waals surface area contributed by atoms with Gasteiger partial charge in [0.2, 0.25) is 0 Å². The lowest BCUT2D eigenvalue weighted by atomic mass is 9.96. The molecule has 0 saturated carbocycles. The van der Waals surface area contributed by atoms with Gasteiger partial charge in [-0.15, -0.1) is 11.3 Å². The second-order valence-electron chi connectivity index (χ2n) is 9.32. The maximum atomic E-state index is 13.3. The van der Waals surface area contributed by atoms with E-state index in [4.69, 9.17) is 0 Å². The minimum atomic E-state index is 0.168. The van der Waals surface area contributed by atoms with Crippen LogP contribution in [-0.4, -0.2) is 77.4 Å². The maximum absolute atomic E-state index is 13.3. The number of carbonyl (C=O) groups is 1. The quantitative estimate of drug-likeness (QED) is 0.524. The summed E-state index contributed by atoms with van der Waals surface area (Å²) >= 11 is 1.83. The second-order valence-corrected chi connectivity index (χ2v) is 10.3. The fourth-order valence-corrected chi connectivity index (χ4v) is 6.27. The molecule has 1 amide bonds. The molecular formula is C27H34N4OS. The highest BCUT2D eigenvalue weighted by atomic mass is 32.1. The summed E-state index contributed by atoms with van der Waals surface area (Å²) in [6.07, 6.45) is 4.70. The lowest BCUT2D eigenvalue weighted by Gasteiger charge is -2.38. The summed E-state index contributed by atoms with van der Waals surface area (Å²) < 4.78 is 0. The number of aromatic nitrogens is 1. The van der Waals surface area contributed by atoms with Gasteiger partial charge in [-0.1, -0.05) is 43.3 Å². The van der Waals surface area contributed by atoms with Gasteiger partial charge < -0.3 is 4.90 Å². The molecule has 6 heteroatoms. The Morgan fingerprint density at radius 1 is 1.09 bits per heavy atom. The number of rotatable bonds is 7. The van der Waals surface area contributed by atoms with Crippen LogP contribution >= 0.6 is 11.3 Å². The Labute approximate surface area is 201 Å². The number of fused-ring (bicyclic) bond motifs is 2. The first kappa shape index (κ1) is 22.5. The summed E-state index contributed by atoms with van der Waals surface area (Å²) in [4.78, 5) is 26.6. The summed E-state index contributed by atoms with van der Waals surface area (Å²) in [7, 11) is 0. The van der Waals surface area contributed by atoms with E-state index in [0.717, 1.165) is 68.4 Å². The molecule has 5 rings (SSSR count). The van der Waals surface area contributed by atoms with Crippen LogP contribution in [0.5, 0.6) is 0 Å². The number of amides is 1. The Balaban J connectivity index is 1.15. The zero-order chi connectivity index (χ0) is 22.6. The van der Waals surface area contributed by atoms with Gasteiger partial charge in [-0.2, -0.15) is 0 Å². The molecule has 1 saturated heterocycles. The van der Waals surface area contributed by atoms with Gasteiger partial charge >= 0.3 is 0 Å². The highest BCUT2D eigenvalue weighted by Crippen LogP contribution is 2.27. The van der Waals surface area contributed by atoms with Crippen molar-refractivity contribution in [2.24, 2.45) is 0 Å². The molecule has 2 heterocycles. The third-order valence-corrected chi connectivity index (χ3v) is 8.17. The minimum Gasteiger partial charge on any atom is -0.336 e. The number of piperazine rings is 1. The Hall–Kier alpha value is -2.28. The molecule has 1 unspecified atom stereocenters. The minimum absolute atomic E-state index is 0.168. The van der Waals surface area contributed by atoms with E-state index in [2.05, 4.69) is 39.9 Å². The number of thiazole rings is 1. The first-order valence-corrected chi connectivity index (χ1v) is 13.3. The van der Waals surface area contributed by atoms with Gasteiger partial charge in [-0.05, 0) is 49.1 Å². The van der Waals surface area contributed by atoms with Crippen LogP contribution in [0, 0.1) is 0 Å². The van der Waals surface area contributed by atoms with Gasteiger partial charge in [0.15, 0.2) is 0 Å². The van der Waals surface area contributed by atoms with Crippen LogP contribution in [0.15, 0.2) is 48.0 Å². The Morgan fingerprint density at radius 3 is 2.76 bits per heavy atom. The van der Waals surface area contributed by atoms with Crippen molar-refractivity contribution >= 4 is 28.0 Å². The van der Waals surface area contributed by atoms with Crippen LogP contribution in [0.3, 0.4) is 0 Å². The lowest BCUT2D eigenvalue weighted by Crippen LogP contribution is -2.51. The molecule has 1 aromatic heterocycles. The number of hydrogen-bond acceptors (Lipinski definition) is 5. The third kappa shape index (κ3) is 4.98. The summed E-state index contributed by atoms with van der Waals surface area (Å²) in [5.74, 6) is 0.168. The monoisotopic (exact) mass is 462 g/mol. The number of benzene rings is 2. The zero-order valence-corrected chi connectivity index (χ0v) is 20.4. The van der Waals surface area contributed by atoms with Crippen LogP contribution < -0.4 is 0 Å². The molecule has 1 aliphatic heterocycles. The van der Waals surface area contributed by atoms with Crippen molar-refractivity contribution in [2.45, 2.75) is 38.6 Å². The van der Waals surface area contributed by atoms with Gasteiger partial charge in [0.1, 0.15) is 0 Å². The molecule has 1 fully saturated rings. The molecule has 0 bridgehead atoms. The molecule has 0 N–H and O–H groups in total. The van der Waals surface area contributed by atoms with Crippen molar-refractivity contribution < 1.29 is 4.79 Å². The van der Waals surface area contributed by atoms with E-state index in [1.54, 1.807) is 0 Å². The van der Waals surface area contributed by atoms with Crippen molar-refractivity contribution in [3.63, 3.8) is 0 Å². The molecule has 0 radical (unpaired) electrons. The molecule has 1 aliphatic carbocycles. The van der Waals surface area contributed by atoms with Gasteiger partial charge in [-0.25, -0.2) is 4.98 Å². The van der Waals surface area contributed by atoms with Gasteiger partial charge in [-0.3, -0.25) is 14.6 Å². The SMILES string of the molecule is CCCN(CCN1CCN(C(=O)c2cccc3ccccc23)CC1)C1CCc2ncsc2C1. The number of nitrogens with zero attached hydrogens (tertiary/aromatic N) is 4. The van der Waals surface area contributed by atoms with E-state index in [1.807, 2.05) is 46.0 Å². The molecular weight excluding hydrogens is 428 g/mol. The van der Waals surface area contributed by atoms with E-state index in [1.165, 1.54) is 30.0 Å². The summed E-state index contributed by atoms with van der Waals surface area (Å²) in [5, 5.41) is 2.19. The number of aryl methyl sites for hydroxylation is 1. The number of carbonyl (C=O) groups excluding carboxylic acids is 1. The lowest BCUT2D eigenvalue weighted by molar-refractivity contribution is 0.0611. The summed E-state index contributed by atoms with van der Waals surface area (Å²) in [6.45, 7) is 9.18. The smallest absolute Gasteiger partial charge is 0.254 e. The Kier molecular flexibility index (Phi) is 7.04. The van der Waals surface area contributed by atoms with Crippen LogP contribution in [0.25, 0.3) is 10.8 Å². The fraction of sp³-hybridized carbons (Fsp3) is 0.481. The summed E-state index contributed by atoms with van der Waals surface area (Å²) in [6, 6.07) is 14.9. The van der Waals surface area contributed by atoms with Crippen molar-refractivity contribution in [3.05, 3.63) is 64.1 Å². The topological polar surface area (TPSA) is 39.7 Å². The number of hydrogen-bond donors (Lipinski definition) is 0. The highest BCUT2D eigenvalue weighted by molar-refractivity contribution is 7.09. The molecule has 33 heavy (non-hydrogen) atoms. The highest BCUT2D eigenvalue weighted by Gasteiger charge is 2.27. The average molecular weight is 463 g/mol. The fourth-order valence-electron chi connectivity index (χ4n) is 5.39. The van der Waals surface area contributed by atoms with Crippen LogP contribution in [0.2, 0.25) is 0 Å². The van der Waals surface area contributed by atoms with Crippen LogP contribution in [0.1, 0.15) is 40.7 Å². The largest absolute Gasteiger partial charge is 0.336 e. The van der Waals surface area contributed by atoms with Gasteiger partial charge in [0, 0.05) is 55.8 Å². The van der Waals surface area contributed by atoms with E-state index in [9.17, 15) is 4.79 Å². The first-order valence-electron chi connectivity index (χ1n) is 12.4. The molecule has 5 nitrogen and oxygen atoms in total. The normalized spacial score (nSPS) is 19.2. The molecule has 2 aliphatic rings. The Morgan fingerprint density at radius 2 is 1.91 bits per heavy atom. The predicted octanol–water partition coefficient (Wildman–Crippen LogP) is 4.32. The third-order valence-electron chi connectivity index (χ3n) is 7.27. The molecule has 174 valence electrons. The summed E-state index contributed by atoms with van der Waals surface area (Å²) in [5.41, 5.74) is 4.17. The van der Waals surface area contributed by atoms with Crippen molar-refractivity contribution in [1.82, 2.24) is 19.7 Å². The van der Waals surface area contributed by atoms with E-state index >= 15 is 0 Å². The van der Waals surface area contributed by atoms with E-state index in [0.29, 0.717) is 6.04 Å². The van der Waals surface area contributed by atoms with E-state index < -0.39 is 0 Å². The zero-order valence-electron chi connectivity index (χ0n) is 19.6. The Bertz CT molecular complexity index is 1080. The predicted molar refractivity (Wildman–Crippen MR) is 136 cm³/mol. The first-order chi connectivity index (χ1) is 16.2. The molecule has 1 atom stereocenters. The molecule has 3 aromatic rings. The van der Waals surface area contributed by atoms with Crippen LogP contribution in [0.4, 0.5) is 0 Å². The maximum Gasteiger partial charge on any atom is 0.254 e. The second kappa shape index (κ2) is 10.3. The van der Waals surface area contributed by atoms with Crippen molar-refractivity contribution in [2.75, 3.05) is 45.8 Å². The van der Waals surface area contributed by atoms with E-state index in [-0.39, 0.29) is 5.91 Å². The van der Waals surface area contributed by atoms with Crippen molar-refractivity contribution in [1.29, 1.82) is 0 Å². The van der Waals surface area contributed by atoms with Crippen LogP contribution in [-0.2, 0) is 12.8 Å². The average Bonchev–Trinajstić information content (AvgIpc) is 3.34. The van der Waals surface area contributed by atoms with Gasteiger partial charge in [0.25, 0.3) is 5.91 Å². The molecule has 2 aromatic carbocycles. The van der Waals surface area contributed by atoms with Gasteiger partial charge in [0.05, 0.1) is 11.2 Å². The molecule has 0 spiro atoms. The van der Waals surface area contributed by atoms with Crippen molar-refractivity contribution in [3.8, 4) is 0 Å². The standard InChI is InChI=1S/C27H34N4OS/c1-2-12-30(22-10-11-25-26(19-22)33-20-28-25)16-13-29-14-17-31(18-15-29)27(32)24-9-5-7-21-6-3-4-8-23(21)24/h3-9,20,22H,2,10-19H2,1H3.